The molecule has 0 saturated carbocycles. The second kappa shape index (κ2) is 8.14. The van der Waals surface area contributed by atoms with Gasteiger partial charge in [-0.2, -0.15) is 0 Å². The number of carbonyl (C=O) groups excluding carboxylic acids is 1. The smallest absolute Gasteiger partial charge is 0.338 e. The minimum absolute atomic E-state index is 0.00660. The Labute approximate surface area is 130 Å². The third-order valence-corrected chi connectivity index (χ3v) is 3.21. The van der Waals surface area contributed by atoms with Crippen LogP contribution in [0, 0.1) is 0 Å². The van der Waals surface area contributed by atoms with E-state index in [0.717, 1.165) is 12.1 Å². The minimum atomic E-state index is -0.302. The standard InChI is InChI=1S/C17H21N3O2/c1-2-22-17(21)14-3-5-16(6-4-14)20-12-15(18)11-13-7-9-19-10-8-13/h3-10,15,20H,2,11-12,18H2,1H3. The lowest BCUT2D eigenvalue weighted by molar-refractivity contribution is 0.0526. The number of pyridine rings is 1. The zero-order chi connectivity index (χ0) is 15.8. The SMILES string of the molecule is CCOC(=O)c1ccc(NCC(N)Cc2ccncc2)cc1. The van der Waals surface area contributed by atoms with Crippen LogP contribution in [0.4, 0.5) is 5.69 Å². The monoisotopic (exact) mass is 299 g/mol. The molecule has 2 aromatic rings. The Balaban J connectivity index is 1.82. The molecule has 0 aliphatic rings. The molecule has 0 saturated heterocycles. The minimum Gasteiger partial charge on any atom is -0.462 e. The molecule has 0 aliphatic heterocycles. The molecule has 0 fully saturated rings. The first-order valence-electron chi connectivity index (χ1n) is 7.34. The van der Waals surface area contributed by atoms with Crippen molar-refractivity contribution in [1.82, 2.24) is 4.98 Å². The first kappa shape index (κ1) is 16.0. The zero-order valence-electron chi connectivity index (χ0n) is 12.7. The van der Waals surface area contributed by atoms with Crippen molar-refractivity contribution in [2.45, 2.75) is 19.4 Å². The predicted molar refractivity (Wildman–Crippen MR) is 86.8 cm³/mol. The highest BCUT2D eigenvalue weighted by Gasteiger charge is 2.07. The molecule has 1 aromatic carbocycles. The number of nitrogens with one attached hydrogen (secondary N) is 1. The van der Waals surface area contributed by atoms with Gasteiger partial charge in [0.2, 0.25) is 0 Å². The highest BCUT2D eigenvalue weighted by Crippen LogP contribution is 2.11. The van der Waals surface area contributed by atoms with Crippen LogP contribution in [-0.4, -0.2) is 30.1 Å². The van der Waals surface area contributed by atoms with Crippen molar-refractivity contribution in [3.63, 3.8) is 0 Å². The molecule has 1 unspecified atom stereocenters. The van der Waals surface area contributed by atoms with Gasteiger partial charge < -0.3 is 15.8 Å². The van der Waals surface area contributed by atoms with Crippen molar-refractivity contribution >= 4 is 11.7 Å². The number of esters is 1. The van der Waals surface area contributed by atoms with Gasteiger partial charge in [-0.15, -0.1) is 0 Å². The third kappa shape index (κ3) is 4.86. The number of ether oxygens (including phenoxy) is 1. The first-order valence-corrected chi connectivity index (χ1v) is 7.34. The average molecular weight is 299 g/mol. The van der Waals surface area contributed by atoms with Crippen molar-refractivity contribution in [3.8, 4) is 0 Å². The Morgan fingerprint density at radius 1 is 1.23 bits per heavy atom. The van der Waals surface area contributed by atoms with E-state index in [1.54, 1.807) is 31.5 Å². The lowest BCUT2D eigenvalue weighted by Crippen LogP contribution is -2.31. The summed E-state index contributed by atoms with van der Waals surface area (Å²) in [7, 11) is 0. The van der Waals surface area contributed by atoms with Gasteiger partial charge in [-0.1, -0.05) is 0 Å². The number of hydrogen-bond acceptors (Lipinski definition) is 5. The summed E-state index contributed by atoms with van der Waals surface area (Å²) in [4.78, 5) is 15.5. The fraction of sp³-hybridized carbons (Fsp3) is 0.294. The summed E-state index contributed by atoms with van der Waals surface area (Å²) in [6.45, 7) is 2.82. The molecule has 0 amide bonds. The number of aromatic nitrogens is 1. The van der Waals surface area contributed by atoms with Crippen molar-refractivity contribution in [1.29, 1.82) is 0 Å². The van der Waals surface area contributed by atoms with Crippen molar-refractivity contribution in [2.24, 2.45) is 5.73 Å². The maximum Gasteiger partial charge on any atom is 0.338 e. The summed E-state index contributed by atoms with van der Waals surface area (Å²) in [6, 6.07) is 11.1. The summed E-state index contributed by atoms with van der Waals surface area (Å²) in [6.07, 6.45) is 4.32. The molecule has 1 atom stereocenters. The fourth-order valence-electron chi connectivity index (χ4n) is 2.08. The van der Waals surface area contributed by atoms with E-state index in [1.165, 1.54) is 5.56 Å². The Kier molecular flexibility index (Phi) is 5.91. The van der Waals surface area contributed by atoms with Crippen LogP contribution in [0.1, 0.15) is 22.8 Å². The van der Waals surface area contributed by atoms with Gasteiger partial charge in [0.15, 0.2) is 0 Å². The molecule has 22 heavy (non-hydrogen) atoms. The van der Waals surface area contributed by atoms with Gasteiger partial charge in [-0.3, -0.25) is 4.98 Å². The quantitative estimate of drug-likeness (QED) is 0.767. The number of nitrogens with zero attached hydrogens (tertiary/aromatic N) is 1. The molecule has 3 N–H and O–H groups in total. The number of benzene rings is 1. The lowest BCUT2D eigenvalue weighted by atomic mass is 10.1. The Morgan fingerprint density at radius 2 is 1.91 bits per heavy atom. The number of anilines is 1. The molecule has 116 valence electrons. The molecule has 0 radical (unpaired) electrons. The number of rotatable bonds is 7. The van der Waals surface area contributed by atoms with Crippen molar-refractivity contribution in [3.05, 3.63) is 59.9 Å². The van der Waals surface area contributed by atoms with Crippen LogP contribution in [0.3, 0.4) is 0 Å². The van der Waals surface area contributed by atoms with Crippen LogP contribution >= 0.6 is 0 Å². The predicted octanol–water partition coefficient (Wildman–Crippen LogP) is 2.24. The van der Waals surface area contributed by atoms with Crippen LogP contribution in [0.5, 0.6) is 0 Å². The van der Waals surface area contributed by atoms with E-state index in [4.69, 9.17) is 10.5 Å². The van der Waals surface area contributed by atoms with E-state index < -0.39 is 0 Å². The number of carbonyl (C=O) groups is 1. The van der Waals surface area contributed by atoms with Gasteiger partial charge in [-0.05, 0) is 55.3 Å². The summed E-state index contributed by atoms with van der Waals surface area (Å²) in [5.41, 5.74) is 8.76. The van der Waals surface area contributed by atoms with Gasteiger partial charge in [-0.25, -0.2) is 4.79 Å². The first-order chi connectivity index (χ1) is 10.7. The molecular formula is C17H21N3O2. The largest absolute Gasteiger partial charge is 0.462 e. The zero-order valence-corrected chi connectivity index (χ0v) is 12.7. The van der Waals surface area contributed by atoms with E-state index in [9.17, 15) is 4.79 Å². The van der Waals surface area contributed by atoms with Gasteiger partial charge in [0.25, 0.3) is 0 Å². The van der Waals surface area contributed by atoms with Crippen molar-refractivity contribution < 1.29 is 9.53 Å². The molecule has 5 nitrogen and oxygen atoms in total. The topological polar surface area (TPSA) is 77.2 Å². The molecule has 2 rings (SSSR count). The fourth-order valence-corrected chi connectivity index (χ4v) is 2.08. The highest BCUT2D eigenvalue weighted by molar-refractivity contribution is 5.89. The van der Waals surface area contributed by atoms with Crippen LogP contribution in [0.15, 0.2) is 48.8 Å². The molecule has 5 heteroatoms. The molecule has 0 spiro atoms. The summed E-state index contributed by atoms with van der Waals surface area (Å²) in [5.74, 6) is -0.302. The summed E-state index contributed by atoms with van der Waals surface area (Å²) in [5, 5.41) is 3.27. The van der Waals surface area contributed by atoms with E-state index in [2.05, 4.69) is 10.3 Å². The Hall–Kier alpha value is -2.40. The second-order valence-electron chi connectivity index (χ2n) is 5.00. The molecule has 1 heterocycles. The van der Waals surface area contributed by atoms with Crippen molar-refractivity contribution in [2.75, 3.05) is 18.5 Å². The van der Waals surface area contributed by atoms with Crippen LogP contribution in [-0.2, 0) is 11.2 Å². The summed E-state index contributed by atoms with van der Waals surface area (Å²) >= 11 is 0. The maximum absolute atomic E-state index is 11.6. The molecule has 1 aromatic heterocycles. The number of hydrogen-bond donors (Lipinski definition) is 2. The average Bonchev–Trinajstić information content (AvgIpc) is 2.54. The molecular weight excluding hydrogens is 278 g/mol. The highest BCUT2D eigenvalue weighted by atomic mass is 16.5. The maximum atomic E-state index is 11.6. The van der Waals surface area contributed by atoms with Crippen LogP contribution in [0.25, 0.3) is 0 Å². The lowest BCUT2D eigenvalue weighted by Gasteiger charge is -2.14. The Bertz CT molecular complexity index is 585. The van der Waals surface area contributed by atoms with E-state index in [0.29, 0.717) is 18.7 Å². The van der Waals surface area contributed by atoms with E-state index in [-0.39, 0.29) is 12.0 Å². The molecule has 0 aliphatic carbocycles. The van der Waals surface area contributed by atoms with Gasteiger partial charge >= 0.3 is 5.97 Å². The van der Waals surface area contributed by atoms with E-state index >= 15 is 0 Å². The second-order valence-corrected chi connectivity index (χ2v) is 5.00. The van der Waals surface area contributed by atoms with Crippen LogP contribution in [0.2, 0.25) is 0 Å². The van der Waals surface area contributed by atoms with Gasteiger partial charge in [0.05, 0.1) is 12.2 Å². The third-order valence-electron chi connectivity index (χ3n) is 3.21. The Morgan fingerprint density at radius 3 is 2.55 bits per heavy atom. The van der Waals surface area contributed by atoms with Gasteiger partial charge in [0.1, 0.15) is 0 Å². The van der Waals surface area contributed by atoms with E-state index in [1.807, 2.05) is 24.3 Å². The summed E-state index contributed by atoms with van der Waals surface area (Å²) < 4.78 is 4.95. The normalized spacial score (nSPS) is 11.7. The molecule has 0 bridgehead atoms. The number of nitrogens with two attached hydrogens (primary N) is 1. The van der Waals surface area contributed by atoms with Crippen LogP contribution < -0.4 is 11.1 Å². The van der Waals surface area contributed by atoms with Gasteiger partial charge in [0, 0.05) is 30.7 Å².